The number of hydrogen-bond acceptors (Lipinski definition) is 8. The zero-order valence-electron chi connectivity index (χ0n) is 23.6. The fraction of sp³-hybridized carbons (Fsp3) is 0.481. The molecule has 11 nitrogen and oxygen atoms in total. The Bertz CT molecular complexity index is 1280. The number of halogens is 2. The van der Waals surface area contributed by atoms with Crippen molar-refractivity contribution in [3.8, 4) is 11.5 Å². The van der Waals surface area contributed by atoms with E-state index in [1.165, 1.54) is 19.1 Å². The fourth-order valence-electron chi connectivity index (χ4n) is 4.74. The summed E-state index contributed by atoms with van der Waals surface area (Å²) in [5, 5.41) is 3.56. The molecule has 0 spiro atoms. The number of likely N-dealkylation sites (tertiary alicyclic amines) is 1. The van der Waals surface area contributed by atoms with Gasteiger partial charge in [-0.15, -0.1) is 0 Å². The number of nitrogens with one attached hydrogen (secondary N) is 1. The van der Waals surface area contributed by atoms with Crippen molar-refractivity contribution < 1.29 is 19.1 Å². The molecule has 2 aliphatic rings. The summed E-state index contributed by atoms with van der Waals surface area (Å²) >= 11 is 13.4. The smallest absolute Gasteiger partial charge is 0.330 e. The van der Waals surface area contributed by atoms with E-state index in [0.717, 1.165) is 0 Å². The third-order valence-corrected chi connectivity index (χ3v) is 7.38. The standard InChI is InChI=1S/C27H35Cl2N7O4/c1-16(2)31-26-30-13-17-14-35(24-22(28)19(39-5)12-20(40-6)23(24)29)27(38)36(25(17)32-26)18-9-11-34(15-18)21(37)8-7-10-33(3)4/h7-8,12-13,16,18H,9-11,14-15H2,1-6H3,(H,30,31,32). The third-order valence-electron chi connectivity index (χ3n) is 6.64. The van der Waals surface area contributed by atoms with Crippen molar-refractivity contribution in [2.75, 3.05) is 63.1 Å². The highest BCUT2D eigenvalue weighted by Gasteiger charge is 2.42. The molecular weight excluding hydrogens is 557 g/mol. The Morgan fingerprint density at radius 2 is 1.90 bits per heavy atom. The van der Waals surface area contributed by atoms with Crippen LogP contribution in [0.4, 0.5) is 22.2 Å². The van der Waals surface area contributed by atoms with Gasteiger partial charge in [0.2, 0.25) is 11.9 Å². The van der Waals surface area contributed by atoms with E-state index in [1.54, 1.807) is 28.1 Å². The van der Waals surface area contributed by atoms with Gasteiger partial charge in [0.05, 0.1) is 32.5 Å². The number of aromatic nitrogens is 2. The van der Waals surface area contributed by atoms with Gasteiger partial charge in [0.1, 0.15) is 27.4 Å². The lowest BCUT2D eigenvalue weighted by Gasteiger charge is -2.39. The number of benzene rings is 1. The summed E-state index contributed by atoms with van der Waals surface area (Å²) in [5.74, 6) is 1.44. The number of nitrogens with zero attached hydrogens (tertiary/aromatic N) is 6. The minimum Gasteiger partial charge on any atom is -0.495 e. The highest BCUT2D eigenvalue weighted by molar-refractivity contribution is 6.42. The molecule has 1 unspecified atom stereocenters. The van der Waals surface area contributed by atoms with Crippen LogP contribution < -0.4 is 24.6 Å². The molecule has 0 aliphatic carbocycles. The molecule has 13 heteroatoms. The molecule has 2 aliphatic heterocycles. The first-order chi connectivity index (χ1) is 19.0. The lowest BCUT2D eigenvalue weighted by molar-refractivity contribution is -0.125. The molecular formula is C27H35Cl2N7O4. The minimum absolute atomic E-state index is 0.0951. The Balaban J connectivity index is 1.74. The fourth-order valence-corrected chi connectivity index (χ4v) is 5.44. The van der Waals surface area contributed by atoms with Gasteiger partial charge in [-0.1, -0.05) is 29.3 Å². The molecule has 40 heavy (non-hydrogen) atoms. The summed E-state index contributed by atoms with van der Waals surface area (Å²) in [6.45, 7) is 5.61. The molecule has 3 heterocycles. The number of fused-ring (bicyclic) bond motifs is 1. The van der Waals surface area contributed by atoms with Gasteiger partial charge in [-0.25, -0.2) is 9.78 Å². The average Bonchev–Trinajstić information content (AvgIpc) is 3.38. The Kier molecular flexibility index (Phi) is 9.27. The van der Waals surface area contributed by atoms with E-state index in [2.05, 4.69) is 10.3 Å². The summed E-state index contributed by atoms with van der Waals surface area (Å²) in [6, 6.07) is 0.971. The Hall–Kier alpha value is -3.28. The molecule has 4 rings (SSSR count). The molecule has 3 amide bonds. The Morgan fingerprint density at radius 3 is 2.50 bits per heavy atom. The van der Waals surface area contributed by atoms with E-state index in [0.29, 0.717) is 54.9 Å². The van der Waals surface area contributed by atoms with Crippen molar-refractivity contribution in [1.82, 2.24) is 19.8 Å². The van der Waals surface area contributed by atoms with Crippen molar-refractivity contribution in [2.24, 2.45) is 0 Å². The maximum atomic E-state index is 14.3. The number of anilines is 3. The second kappa shape index (κ2) is 12.5. The van der Waals surface area contributed by atoms with E-state index >= 15 is 0 Å². The van der Waals surface area contributed by atoms with E-state index in [9.17, 15) is 9.59 Å². The number of carbonyl (C=O) groups excluding carboxylic acids is 2. The van der Waals surface area contributed by atoms with Crippen LogP contribution in [0.15, 0.2) is 24.4 Å². The van der Waals surface area contributed by atoms with Gasteiger partial charge >= 0.3 is 6.03 Å². The molecule has 1 atom stereocenters. The van der Waals surface area contributed by atoms with Crippen LogP contribution in [0.2, 0.25) is 10.0 Å². The first kappa shape index (κ1) is 29.7. The van der Waals surface area contributed by atoms with Crippen LogP contribution >= 0.6 is 23.2 Å². The van der Waals surface area contributed by atoms with Gasteiger partial charge in [-0.3, -0.25) is 14.6 Å². The number of ether oxygens (including phenoxy) is 2. The van der Waals surface area contributed by atoms with Crippen LogP contribution in [0.5, 0.6) is 11.5 Å². The SMILES string of the molecule is COc1cc(OC)c(Cl)c(N2Cc3cnc(NC(C)C)nc3N(C3CCN(C(=O)C=CCN(C)C)C3)C2=O)c1Cl. The van der Waals surface area contributed by atoms with Crippen molar-refractivity contribution in [3.63, 3.8) is 0 Å². The molecule has 1 saturated heterocycles. The first-order valence-electron chi connectivity index (χ1n) is 13.0. The monoisotopic (exact) mass is 591 g/mol. The zero-order valence-corrected chi connectivity index (χ0v) is 25.1. The van der Waals surface area contributed by atoms with Gasteiger partial charge < -0.3 is 24.6 Å². The molecule has 0 bridgehead atoms. The van der Waals surface area contributed by atoms with Crippen LogP contribution in [0.1, 0.15) is 25.8 Å². The average molecular weight is 593 g/mol. The van der Waals surface area contributed by atoms with E-state index < -0.39 is 0 Å². The van der Waals surface area contributed by atoms with E-state index in [4.69, 9.17) is 37.7 Å². The predicted octanol–water partition coefficient (Wildman–Crippen LogP) is 4.29. The number of methoxy groups -OCH3 is 2. The van der Waals surface area contributed by atoms with Gasteiger partial charge in [-0.05, 0) is 34.4 Å². The van der Waals surface area contributed by atoms with Gasteiger partial charge in [0.25, 0.3) is 0 Å². The lowest BCUT2D eigenvalue weighted by Crippen LogP contribution is -2.53. The third kappa shape index (κ3) is 6.06. The number of hydrogen-bond donors (Lipinski definition) is 1. The first-order valence-corrected chi connectivity index (χ1v) is 13.7. The van der Waals surface area contributed by atoms with Crippen LogP contribution in [-0.2, 0) is 11.3 Å². The van der Waals surface area contributed by atoms with Crippen LogP contribution in [0, 0.1) is 0 Å². The van der Waals surface area contributed by atoms with Crippen LogP contribution in [0.25, 0.3) is 0 Å². The number of urea groups is 1. The lowest BCUT2D eigenvalue weighted by atomic mass is 10.1. The zero-order chi connectivity index (χ0) is 29.1. The normalized spacial score (nSPS) is 17.3. The summed E-state index contributed by atoms with van der Waals surface area (Å²) < 4.78 is 10.9. The maximum absolute atomic E-state index is 14.3. The highest BCUT2D eigenvalue weighted by atomic mass is 35.5. The van der Waals surface area contributed by atoms with Crippen LogP contribution in [-0.4, -0.2) is 91.7 Å². The van der Waals surface area contributed by atoms with Crippen molar-refractivity contribution in [3.05, 3.63) is 40.0 Å². The highest BCUT2D eigenvalue weighted by Crippen LogP contribution is 2.48. The quantitative estimate of drug-likeness (QED) is 0.431. The summed E-state index contributed by atoms with van der Waals surface area (Å²) in [6.07, 6.45) is 5.68. The molecule has 2 aromatic rings. The van der Waals surface area contributed by atoms with Gasteiger partial charge in [-0.2, -0.15) is 4.98 Å². The largest absolute Gasteiger partial charge is 0.495 e. The molecule has 1 N–H and O–H groups in total. The molecule has 1 aromatic carbocycles. The molecule has 216 valence electrons. The second-order valence-electron chi connectivity index (χ2n) is 10.2. The van der Waals surface area contributed by atoms with Crippen molar-refractivity contribution >= 4 is 52.6 Å². The topological polar surface area (TPSA) is 103 Å². The van der Waals surface area contributed by atoms with Crippen LogP contribution in [0.3, 0.4) is 0 Å². The summed E-state index contributed by atoms with van der Waals surface area (Å²) in [4.78, 5) is 43.2. The van der Waals surface area contributed by atoms with E-state index in [1.807, 2.05) is 38.9 Å². The molecule has 0 saturated carbocycles. The second-order valence-corrected chi connectivity index (χ2v) is 11.0. The Labute approximate surface area is 244 Å². The van der Waals surface area contributed by atoms with Crippen molar-refractivity contribution in [1.29, 1.82) is 0 Å². The van der Waals surface area contributed by atoms with Gasteiger partial charge in [0.15, 0.2) is 0 Å². The summed E-state index contributed by atoms with van der Waals surface area (Å²) in [5.41, 5.74) is 0.973. The Morgan fingerprint density at radius 1 is 1.23 bits per heavy atom. The molecule has 1 aromatic heterocycles. The minimum atomic E-state index is -0.372. The predicted molar refractivity (Wildman–Crippen MR) is 157 cm³/mol. The van der Waals surface area contributed by atoms with E-state index in [-0.39, 0.29) is 46.3 Å². The molecule has 0 radical (unpaired) electrons. The maximum Gasteiger partial charge on any atom is 0.330 e. The molecule has 1 fully saturated rings. The number of rotatable bonds is 9. The number of carbonyl (C=O) groups is 2. The van der Waals surface area contributed by atoms with Crippen molar-refractivity contribution in [2.45, 2.75) is 38.9 Å². The van der Waals surface area contributed by atoms with Gasteiger partial charge in [0, 0.05) is 49.6 Å². The summed E-state index contributed by atoms with van der Waals surface area (Å²) in [7, 11) is 6.83. The number of likely N-dealkylation sites (N-methyl/N-ethyl adjacent to an activating group) is 1. The number of amides is 3.